The number of aliphatic hydroxyl groups excluding tert-OH is 1. The number of nitrogens with zero attached hydrogens (tertiary/aromatic N) is 6. The van der Waals surface area contributed by atoms with Crippen LogP contribution in [0.5, 0.6) is 0 Å². The van der Waals surface area contributed by atoms with Gasteiger partial charge in [-0.05, 0) is 6.92 Å². The van der Waals surface area contributed by atoms with Gasteiger partial charge in [0.15, 0.2) is 11.5 Å². The molecule has 3 N–H and O–H groups in total. The quantitative estimate of drug-likeness (QED) is 0.674. The molecule has 0 saturated heterocycles. The molecule has 0 saturated carbocycles. The number of rotatable bonds is 2. The van der Waals surface area contributed by atoms with Crippen molar-refractivity contribution in [2.24, 2.45) is 0 Å². The van der Waals surface area contributed by atoms with Crippen molar-refractivity contribution in [1.82, 2.24) is 29.5 Å². The molecule has 0 amide bonds. The largest absolute Gasteiger partial charge is 0.385 e. The summed E-state index contributed by atoms with van der Waals surface area (Å²) in [5.41, 5.74) is 7.37. The number of aliphatic hydroxyl groups is 1. The highest BCUT2D eigenvalue weighted by molar-refractivity contribution is 5.57. The van der Waals surface area contributed by atoms with Crippen molar-refractivity contribution in [2.75, 3.05) is 5.73 Å². The Morgan fingerprint density at radius 1 is 1.21 bits per heavy atom. The second-order valence-corrected chi connectivity index (χ2v) is 4.05. The highest BCUT2D eigenvalue weighted by Crippen LogP contribution is 2.16. The topological polar surface area (TPSA) is 115 Å². The van der Waals surface area contributed by atoms with E-state index in [1.165, 1.54) is 0 Å². The zero-order valence-corrected chi connectivity index (χ0v) is 10.1. The molecule has 8 nitrogen and oxygen atoms in total. The van der Waals surface area contributed by atoms with Crippen molar-refractivity contribution >= 4 is 11.6 Å². The molecule has 19 heavy (non-hydrogen) atoms. The molecule has 0 aromatic carbocycles. The van der Waals surface area contributed by atoms with Crippen LogP contribution in [0.15, 0.2) is 24.8 Å². The maximum atomic E-state index is 9.45. The zero-order chi connectivity index (χ0) is 13.4. The molecule has 96 valence electrons. The predicted octanol–water partition coefficient (Wildman–Crippen LogP) is 0.217. The summed E-state index contributed by atoms with van der Waals surface area (Å²) in [6.07, 6.45) is 5.72. The van der Waals surface area contributed by atoms with E-state index in [-0.39, 0.29) is 5.95 Å². The SMILES string of the molecule is CC(O)c1nc2cnc(-c3cnc(N)nc3)cn2n1. The van der Waals surface area contributed by atoms with E-state index in [9.17, 15) is 5.11 Å². The fraction of sp³-hybridized carbons (Fsp3) is 0.182. The maximum absolute atomic E-state index is 9.45. The first-order chi connectivity index (χ1) is 9.13. The molecule has 0 aliphatic heterocycles. The first kappa shape index (κ1) is 11.5. The van der Waals surface area contributed by atoms with E-state index in [1.807, 2.05) is 0 Å². The van der Waals surface area contributed by atoms with Crippen molar-refractivity contribution in [3.05, 3.63) is 30.6 Å². The summed E-state index contributed by atoms with van der Waals surface area (Å²) in [4.78, 5) is 16.2. The summed E-state index contributed by atoms with van der Waals surface area (Å²) in [7, 11) is 0. The lowest BCUT2D eigenvalue weighted by Gasteiger charge is -2.00. The number of nitrogens with two attached hydrogens (primary N) is 1. The van der Waals surface area contributed by atoms with Crippen LogP contribution >= 0.6 is 0 Å². The molecule has 1 unspecified atom stereocenters. The van der Waals surface area contributed by atoms with Crippen LogP contribution < -0.4 is 5.73 Å². The van der Waals surface area contributed by atoms with Crippen LogP contribution in [0.3, 0.4) is 0 Å². The molecule has 0 spiro atoms. The Morgan fingerprint density at radius 2 is 1.95 bits per heavy atom. The Kier molecular flexibility index (Phi) is 2.57. The van der Waals surface area contributed by atoms with E-state index < -0.39 is 6.10 Å². The Bertz CT molecular complexity index is 719. The minimum atomic E-state index is -0.719. The number of nitrogen functional groups attached to an aromatic ring is 1. The molecule has 0 radical (unpaired) electrons. The van der Waals surface area contributed by atoms with E-state index in [4.69, 9.17) is 5.73 Å². The number of hydrogen-bond acceptors (Lipinski definition) is 7. The first-order valence-corrected chi connectivity index (χ1v) is 5.62. The van der Waals surface area contributed by atoms with E-state index in [0.717, 1.165) is 5.56 Å². The molecule has 3 rings (SSSR count). The minimum Gasteiger partial charge on any atom is -0.385 e. The van der Waals surface area contributed by atoms with Crippen molar-refractivity contribution in [2.45, 2.75) is 13.0 Å². The molecule has 3 heterocycles. The summed E-state index contributed by atoms with van der Waals surface area (Å²) in [6.45, 7) is 1.61. The number of aromatic nitrogens is 6. The monoisotopic (exact) mass is 257 g/mol. The van der Waals surface area contributed by atoms with Crippen LogP contribution in [0.1, 0.15) is 18.9 Å². The second kappa shape index (κ2) is 4.25. The normalized spacial score (nSPS) is 12.7. The Hall–Kier alpha value is -2.61. The van der Waals surface area contributed by atoms with Gasteiger partial charge in [0.1, 0.15) is 6.10 Å². The molecule has 0 aliphatic rings. The van der Waals surface area contributed by atoms with Gasteiger partial charge in [-0.25, -0.2) is 19.5 Å². The van der Waals surface area contributed by atoms with Crippen LogP contribution in [0.25, 0.3) is 16.9 Å². The van der Waals surface area contributed by atoms with Gasteiger partial charge in [-0.1, -0.05) is 0 Å². The first-order valence-electron chi connectivity index (χ1n) is 5.62. The molecule has 3 aromatic rings. The summed E-state index contributed by atoms with van der Waals surface area (Å²) in [5.74, 6) is 0.564. The number of anilines is 1. The third-order valence-corrected chi connectivity index (χ3v) is 2.58. The molecule has 0 aliphatic carbocycles. The average molecular weight is 257 g/mol. The highest BCUT2D eigenvalue weighted by atomic mass is 16.3. The third kappa shape index (κ3) is 2.08. The summed E-state index contributed by atoms with van der Waals surface area (Å²) < 4.78 is 1.56. The van der Waals surface area contributed by atoms with Gasteiger partial charge >= 0.3 is 0 Å². The molecule has 0 fully saturated rings. The van der Waals surface area contributed by atoms with Gasteiger partial charge < -0.3 is 10.8 Å². The van der Waals surface area contributed by atoms with E-state index in [0.29, 0.717) is 17.2 Å². The van der Waals surface area contributed by atoms with Crippen LogP contribution in [0.2, 0.25) is 0 Å². The van der Waals surface area contributed by atoms with Crippen LogP contribution in [-0.2, 0) is 0 Å². The molecule has 1 atom stereocenters. The van der Waals surface area contributed by atoms with Crippen LogP contribution in [0.4, 0.5) is 5.95 Å². The summed E-state index contributed by atoms with van der Waals surface area (Å²) >= 11 is 0. The zero-order valence-electron chi connectivity index (χ0n) is 10.1. The Morgan fingerprint density at radius 3 is 2.63 bits per heavy atom. The maximum Gasteiger partial charge on any atom is 0.219 e. The minimum absolute atomic E-state index is 0.210. The summed E-state index contributed by atoms with van der Waals surface area (Å²) in [6, 6.07) is 0. The van der Waals surface area contributed by atoms with Crippen LogP contribution in [-0.4, -0.2) is 34.7 Å². The van der Waals surface area contributed by atoms with Crippen molar-refractivity contribution in [3.63, 3.8) is 0 Å². The lowest BCUT2D eigenvalue weighted by atomic mass is 10.2. The number of hydrogen-bond donors (Lipinski definition) is 2. The average Bonchev–Trinajstić information content (AvgIpc) is 2.82. The molecule has 8 heteroatoms. The van der Waals surface area contributed by atoms with Crippen molar-refractivity contribution in [3.8, 4) is 11.3 Å². The lowest BCUT2D eigenvalue weighted by Crippen LogP contribution is -1.97. The number of fused-ring (bicyclic) bond motifs is 1. The lowest BCUT2D eigenvalue weighted by molar-refractivity contribution is 0.189. The molecular formula is C11H11N7O. The van der Waals surface area contributed by atoms with Crippen molar-refractivity contribution in [1.29, 1.82) is 0 Å². The third-order valence-electron chi connectivity index (χ3n) is 2.58. The Labute approximate surface area is 108 Å². The van der Waals surface area contributed by atoms with Crippen LogP contribution in [0, 0.1) is 0 Å². The van der Waals surface area contributed by atoms with Gasteiger partial charge in [-0.3, -0.25) is 4.98 Å². The van der Waals surface area contributed by atoms with Crippen molar-refractivity contribution < 1.29 is 5.11 Å². The molecule has 0 bridgehead atoms. The smallest absolute Gasteiger partial charge is 0.219 e. The van der Waals surface area contributed by atoms with Gasteiger partial charge in [0.05, 0.1) is 18.1 Å². The van der Waals surface area contributed by atoms with Gasteiger partial charge in [-0.2, -0.15) is 0 Å². The molecule has 3 aromatic heterocycles. The second-order valence-electron chi connectivity index (χ2n) is 4.05. The highest BCUT2D eigenvalue weighted by Gasteiger charge is 2.10. The fourth-order valence-electron chi connectivity index (χ4n) is 1.61. The van der Waals surface area contributed by atoms with Gasteiger partial charge in [-0.15, -0.1) is 5.10 Å². The van der Waals surface area contributed by atoms with E-state index in [1.54, 1.807) is 36.2 Å². The van der Waals surface area contributed by atoms with Gasteiger partial charge in [0.25, 0.3) is 0 Å². The summed E-state index contributed by atoms with van der Waals surface area (Å²) in [5, 5.41) is 13.6. The van der Waals surface area contributed by atoms with Gasteiger partial charge in [0.2, 0.25) is 5.95 Å². The predicted molar refractivity (Wildman–Crippen MR) is 66.9 cm³/mol. The molecular weight excluding hydrogens is 246 g/mol. The van der Waals surface area contributed by atoms with E-state index in [2.05, 4.69) is 25.0 Å². The van der Waals surface area contributed by atoms with E-state index >= 15 is 0 Å². The standard InChI is InChI=1S/C11H11N7O/c1-6(19)10-16-9-4-13-8(5-18(9)17-10)7-2-14-11(12)15-3-7/h2-6,19H,1H3,(H2,12,14,15). The fourth-order valence-corrected chi connectivity index (χ4v) is 1.61. The van der Waals surface area contributed by atoms with Gasteiger partial charge in [0, 0.05) is 18.0 Å². The Balaban J connectivity index is 2.08.